The summed E-state index contributed by atoms with van der Waals surface area (Å²) in [6, 6.07) is 21.8. The molecule has 2 bridgehead atoms. The third kappa shape index (κ3) is 8.86. The molecule has 0 radical (unpaired) electrons. The fraction of sp³-hybridized carbons (Fsp3) is 0.306. The van der Waals surface area contributed by atoms with Gasteiger partial charge in [0.1, 0.15) is 36.8 Å². The van der Waals surface area contributed by atoms with E-state index in [1.807, 2.05) is 36.4 Å². The zero-order valence-corrected chi connectivity index (χ0v) is 27.5. The van der Waals surface area contributed by atoms with Crippen LogP contribution in [0.5, 0.6) is 5.75 Å². The van der Waals surface area contributed by atoms with Crippen molar-refractivity contribution in [3.63, 3.8) is 0 Å². The van der Waals surface area contributed by atoms with Gasteiger partial charge in [-0.1, -0.05) is 62.4 Å². The number of hydrogen-bond acceptors (Lipinski definition) is 8. The Balaban J connectivity index is 1.45. The van der Waals surface area contributed by atoms with Crippen LogP contribution in [0.15, 0.2) is 78.9 Å². The average molecular weight is 663 g/mol. The summed E-state index contributed by atoms with van der Waals surface area (Å²) in [6.07, 6.45) is 0.111. The highest BCUT2D eigenvalue weighted by Crippen LogP contribution is 2.20. The molecule has 2 aliphatic heterocycles. The number of ether oxygens (including phenoxy) is 1. The Labute approximate surface area is 284 Å². The fourth-order valence-corrected chi connectivity index (χ4v) is 5.35. The molecule has 3 heterocycles. The number of fused-ring (bicyclic) bond motifs is 14. The molecule has 13 nitrogen and oxygen atoms in total. The number of nitriles is 1. The van der Waals surface area contributed by atoms with Gasteiger partial charge in [0.25, 0.3) is 5.91 Å². The Morgan fingerprint density at radius 2 is 1.76 bits per heavy atom. The second-order valence-corrected chi connectivity index (χ2v) is 12.0. The molecular formula is C36H38N8O5. The largest absolute Gasteiger partial charge is 0.492 e. The summed E-state index contributed by atoms with van der Waals surface area (Å²) < 4.78 is 7.26. The van der Waals surface area contributed by atoms with Crippen LogP contribution in [0.3, 0.4) is 0 Å². The van der Waals surface area contributed by atoms with Crippen LogP contribution >= 0.6 is 0 Å². The van der Waals surface area contributed by atoms with Gasteiger partial charge in [0, 0.05) is 17.5 Å². The maximum absolute atomic E-state index is 13.9. The van der Waals surface area contributed by atoms with Crippen LogP contribution in [0.1, 0.15) is 54.1 Å². The van der Waals surface area contributed by atoms with Crippen molar-refractivity contribution in [3.8, 4) is 23.2 Å². The van der Waals surface area contributed by atoms with E-state index >= 15 is 0 Å². The van der Waals surface area contributed by atoms with E-state index in [2.05, 4.69) is 31.3 Å². The summed E-state index contributed by atoms with van der Waals surface area (Å²) in [5, 5.41) is 25.3. The van der Waals surface area contributed by atoms with Gasteiger partial charge in [0.15, 0.2) is 5.82 Å². The van der Waals surface area contributed by atoms with E-state index in [4.69, 9.17) is 4.74 Å². The number of benzene rings is 3. The highest BCUT2D eigenvalue weighted by atomic mass is 16.5. The molecule has 0 saturated heterocycles. The maximum Gasteiger partial charge on any atom is 0.251 e. The number of rotatable bonds is 4. The van der Waals surface area contributed by atoms with E-state index in [-0.39, 0.29) is 43.5 Å². The minimum Gasteiger partial charge on any atom is -0.492 e. The lowest BCUT2D eigenvalue weighted by Crippen LogP contribution is -2.56. The van der Waals surface area contributed by atoms with Crippen molar-refractivity contribution in [2.45, 2.75) is 51.9 Å². The first-order valence-corrected chi connectivity index (χ1v) is 16.0. The first-order valence-electron chi connectivity index (χ1n) is 16.0. The summed E-state index contributed by atoms with van der Waals surface area (Å²) in [7, 11) is 0. The summed E-state index contributed by atoms with van der Waals surface area (Å²) in [5.41, 5.74) is 2.00. The van der Waals surface area contributed by atoms with Crippen LogP contribution in [-0.4, -0.2) is 63.6 Å². The molecule has 3 aromatic carbocycles. The van der Waals surface area contributed by atoms with Gasteiger partial charge in [0.2, 0.25) is 17.7 Å². The van der Waals surface area contributed by atoms with Crippen LogP contribution in [0.25, 0.3) is 11.4 Å². The van der Waals surface area contributed by atoms with Crippen LogP contribution in [0.2, 0.25) is 0 Å². The molecule has 4 aromatic rings. The van der Waals surface area contributed by atoms with E-state index in [0.717, 1.165) is 11.1 Å². The third-order valence-corrected chi connectivity index (χ3v) is 7.95. The lowest BCUT2D eigenvalue weighted by molar-refractivity contribution is -0.131. The number of carbonyl (C=O) groups excluding carboxylic acids is 4. The highest BCUT2D eigenvalue weighted by Gasteiger charge is 2.31. The van der Waals surface area contributed by atoms with Crippen molar-refractivity contribution in [3.05, 3.63) is 101 Å². The second kappa shape index (κ2) is 15.7. The first kappa shape index (κ1) is 34.3. The number of carbonyl (C=O) groups is 4. The molecule has 0 aliphatic carbocycles. The molecule has 4 amide bonds. The van der Waals surface area contributed by atoms with Crippen molar-refractivity contribution in [1.82, 2.24) is 36.0 Å². The lowest BCUT2D eigenvalue weighted by atomic mass is 10.00. The van der Waals surface area contributed by atoms with Crippen LogP contribution in [0.4, 0.5) is 0 Å². The van der Waals surface area contributed by atoms with Crippen LogP contribution in [-0.2, 0) is 27.3 Å². The minimum absolute atomic E-state index is 0.111. The van der Waals surface area contributed by atoms with Crippen molar-refractivity contribution >= 4 is 23.6 Å². The van der Waals surface area contributed by atoms with E-state index in [1.54, 1.807) is 63.2 Å². The van der Waals surface area contributed by atoms with Crippen LogP contribution in [0, 0.1) is 17.2 Å². The molecule has 0 saturated carbocycles. The lowest BCUT2D eigenvalue weighted by Gasteiger charge is -2.27. The van der Waals surface area contributed by atoms with Gasteiger partial charge in [-0.05, 0) is 48.7 Å². The van der Waals surface area contributed by atoms with Crippen molar-refractivity contribution in [1.29, 1.82) is 5.26 Å². The first-order chi connectivity index (χ1) is 23.6. The van der Waals surface area contributed by atoms with E-state index in [9.17, 15) is 24.4 Å². The topological polar surface area (TPSA) is 180 Å². The molecule has 2 aliphatic rings. The molecule has 0 fully saturated rings. The standard InChI is InChI=1S/C36H38N8O5/c1-22(2)31-36(48)39-23(3)33-42-32(26-9-5-4-6-10-26)43-44(33)21-30(45)38-16-17-49-28-14-12-24(13-15-28)19-29(35(47)41-31)40-34(46)27-11-7-8-25(18-27)20-37/h4-15,18,22-23,29,31H,16-17,19,21H2,1-3H3,(H,38,45)(H,39,48)(H,40,46)(H,41,47)/t23-,29-,31+/m0/s1. The SMILES string of the molecule is CC(C)[C@H]1NC(=O)[C@@H](NC(=O)c2cccc(C#N)c2)Cc2ccc(cc2)OCCNC(=O)Cn2nc(-c3ccccc3)nc2[C@H](C)NC1=O. The van der Waals surface area contributed by atoms with Gasteiger partial charge in [-0.3, -0.25) is 19.2 Å². The maximum atomic E-state index is 13.9. The smallest absolute Gasteiger partial charge is 0.251 e. The Hall–Kier alpha value is -6.03. The average Bonchev–Trinajstić information content (AvgIpc) is 3.52. The molecule has 4 N–H and O–H groups in total. The molecule has 3 atom stereocenters. The third-order valence-electron chi connectivity index (χ3n) is 7.95. The van der Waals surface area contributed by atoms with Gasteiger partial charge >= 0.3 is 0 Å². The van der Waals surface area contributed by atoms with Gasteiger partial charge in [-0.25, -0.2) is 9.67 Å². The van der Waals surface area contributed by atoms with E-state index in [1.165, 1.54) is 10.7 Å². The van der Waals surface area contributed by atoms with Crippen molar-refractivity contribution in [2.75, 3.05) is 13.2 Å². The molecule has 6 rings (SSSR count). The summed E-state index contributed by atoms with van der Waals surface area (Å²) in [6.45, 7) is 5.62. The highest BCUT2D eigenvalue weighted by molar-refractivity contribution is 5.98. The zero-order chi connectivity index (χ0) is 34.9. The summed E-state index contributed by atoms with van der Waals surface area (Å²) >= 11 is 0. The monoisotopic (exact) mass is 662 g/mol. The predicted octanol–water partition coefficient (Wildman–Crippen LogP) is 2.68. The van der Waals surface area contributed by atoms with Crippen LogP contribution < -0.4 is 26.0 Å². The number of nitrogens with zero attached hydrogens (tertiary/aromatic N) is 4. The van der Waals surface area contributed by atoms with E-state index < -0.39 is 35.8 Å². The Bertz CT molecular complexity index is 1850. The Morgan fingerprint density at radius 3 is 2.47 bits per heavy atom. The molecule has 0 unspecified atom stereocenters. The molecule has 252 valence electrons. The number of hydrogen-bond donors (Lipinski definition) is 4. The minimum atomic E-state index is -1.06. The molecule has 49 heavy (non-hydrogen) atoms. The normalized spacial score (nSPS) is 19.0. The predicted molar refractivity (Wildman–Crippen MR) is 180 cm³/mol. The molecule has 0 spiro atoms. The molecule has 1 aromatic heterocycles. The van der Waals surface area contributed by atoms with Crippen molar-refractivity contribution in [2.24, 2.45) is 5.92 Å². The number of amides is 4. The Morgan fingerprint density at radius 1 is 1.00 bits per heavy atom. The number of nitrogens with one attached hydrogen (secondary N) is 4. The Kier molecular flexibility index (Phi) is 11.0. The van der Waals surface area contributed by atoms with Gasteiger partial charge in [-0.15, -0.1) is 0 Å². The number of aromatic nitrogens is 3. The summed E-state index contributed by atoms with van der Waals surface area (Å²) in [5.74, 6) is -0.919. The fourth-order valence-electron chi connectivity index (χ4n) is 5.35. The van der Waals surface area contributed by atoms with Gasteiger partial charge < -0.3 is 26.0 Å². The zero-order valence-electron chi connectivity index (χ0n) is 27.5. The van der Waals surface area contributed by atoms with E-state index in [0.29, 0.717) is 23.0 Å². The van der Waals surface area contributed by atoms with Gasteiger partial charge in [0.05, 0.1) is 24.2 Å². The van der Waals surface area contributed by atoms with Crippen molar-refractivity contribution < 1.29 is 23.9 Å². The summed E-state index contributed by atoms with van der Waals surface area (Å²) in [4.78, 5) is 58.5. The molecular weight excluding hydrogens is 624 g/mol. The second-order valence-electron chi connectivity index (χ2n) is 12.0. The molecule has 13 heteroatoms. The van der Waals surface area contributed by atoms with Gasteiger partial charge in [-0.2, -0.15) is 10.4 Å². The quantitative estimate of drug-likeness (QED) is 0.258.